The van der Waals surface area contributed by atoms with Crippen molar-refractivity contribution in [3.63, 3.8) is 0 Å². The van der Waals surface area contributed by atoms with Gasteiger partial charge in [-0.25, -0.2) is 0 Å². The summed E-state index contributed by atoms with van der Waals surface area (Å²) in [6.07, 6.45) is 25.3. The van der Waals surface area contributed by atoms with Gasteiger partial charge in [0.05, 0.1) is 13.2 Å². The SMILES string of the molecule is CCCCCCCCCCCOCc1cccc2cc3c(COCCCCCCCCCCCCOC)cccc3cc12. The highest BCUT2D eigenvalue weighted by Gasteiger charge is 2.07. The predicted molar refractivity (Wildman–Crippen MR) is 186 cm³/mol. The van der Waals surface area contributed by atoms with Crippen molar-refractivity contribution in [2.45, 2.75) is 142 Å². The van der Waals surface area contributed by atoms with Gasteiger partial charge in [-0.05, 0) is 64.1 Å². The van der Waals surface area contributed by atoms with E-state index < -0.39 is 0 Å². The number of fused-ring (bicyclic) bond motifs is 2. The van der Waals surface area contributed by atoms with E-state index in [1.807, 2.05) is 0 Å². The minimum absolute atomic E-state index is 0.688. The zero-order valence-electron chi connectivity index (χ0n) is 27.8. The second-order valence-electron chi connectivity index (χ2n) is 12.6. The largest absolute Gasteiger partial charge is 0.385 e. The van der Waals surface area contributed by atoms with Crippen LogP contribution in [0, 0.1) is 0 Å². The van der Waals surface area contributed by atoms with Gasteiger partial charge in [-0.3, -0.25) is 0 Å². The summed E-state index contributed by atoms with van der Waals surface area (Å²) in [6.45, 7) is 6.29. The lowest BCUT2D eigenvalue weighted by Crippen LogP contribution is -1.98. The number of ether oxygens (including phenoxy) is 3. The highest BCUT2D eigenvalue weighted by Crippen LogP contribution is 2.29. The molecule has 0 spiro atoms. The van der Waals surface area contributed by atoms with Crippen molar-refractivity contribution in [3.8, 4) is 0 Å². The Morgan fingerprint density at radius 3 is 1.21 bits per heavy atom. The van der Waals surface area contributed by atoms with E-state index in [-0.39, 0.29) is 0 Å². The van der Waals surface area contributed by atoms with Gasteiger partial charge in [-0.15, -0.1) is 0 Å². The van der Waals surface area contributed by atoms with Crippen LogP contribution in [0.25, 0.3) is 21.5 Å². The van der Waals surface area contributed by atoms with E-state index in [0.717, 1.165) is 26.2 Å². The van der Waals surface area contributed by atoms with Gasteiger partial charge < -0.3 is 14.2 Å². The Labute approximate surface area is 264 Å². The standard InChI is InChI=1S/C40H62O3/c1-3-4-5-6-7-10-14-17-20-29-42-33-37-26-22-24-35-32-40-36(31-39(35)37)25-23-27-38(40)34-43-30-21-18-15-12-9-8-11-13-16-19-28-41-2/h22-27,31-32H,3-21,28-30,33-34H2,1-2H3. The lowest BCUT2D eigenvalue weighted by molar-refractivity contribution is 0.117. The maximum Gasteiger partial charge on any atom is 0.0722 e. The molecule has 0 amide bonds. The zero-order chi connectivity index (χ0) is 30.2. The Hall–Kier alpha value is -1.94. The molecule has 3 aromatic rings. The first-order chi connectivity index (χ1) is 21.3. The zero-order valence-corrected chi connectivity index (χ0v) is 27.8. The minimum atomic E-state index is 0.688. The molecule has 0 aromatic heterocycles. The highest BCUT2D eigenvalue weighted by atomic mass is 16.5. The summed E-state index contributed by atoms with van der Waals surface area (Å²) >= 11 is 0. The number of unbranched alkanes of at least 4 members (excludes halogenated alkanes) is 17. The number of methoxy groups -OCH3 is 1. The van der Waals surface area contributed by atoms with E-state index >= 15 is 0 Å². The van der Waals surface area contributed by atoms with Crippen LogP contribution in [0.5, 0.6) is 0 Å². The van der Waals surface area contributed by atoms with Gasteiger partial charge in [0.2, 0.25) is 0 Å². The number of hydrogen-bond donors (Lipinski definition) is 0. The van der Waals surface area contributed by atoms with E-state index in [2.05, 4.69) is 55.5 Å². The second-order valence-corrected chi connectivity index (χ2v) is 12.6. The number of hydrogen-bond acceptors (Lipinski definition) is 3. The highest BCUT2D eigenvalue weighted by molar-refractivity contribution is 6.00. The van der Waals surface area contributed by atoms with Gasteiger partial charge >= 0.3 is 0 Å². The fourth-order valence-corrected chi connectivity index (χ4v) is 6.18. The lowest BCUT2D eigenvalue weighted by atomic mass is 9.97. The Kier molecular flexibility index (Phi) is 19.4. The first-order valence-electron chi connectivity index (χ1n) is 17.9. The molecule has 0 N–H and O–H groups in total. The van der Waals surface area contributed by atoms with Crippen LogP contribution >= 0.6 is 0 Å². The van der Waals surface area contributed by atoms with Crippen LogP contribution in [-0.2, 0) is 27.4 Å². The normalized spacial score (nSPS) is 11.7. The topological polar surface area (TPSA) is 27.7 Å². The second kappa shape index (κ2) is 23.4. The molecular weight excluding hydrogens is 528 g/mol. The first-order valence-corrected chi connectivity index (χ1v) is 17.9. The summed E-state index contributed by atoms with van der Waals surface area (Å²) in [6, 6.07) is 18.0. The van der Waals surface area contributed by atoms with Crippen LogP contribution in [0.15, 0.2) is 48.5 Å². The Morgan fingerprint density at radius 2 is 0.814 bits per heavy atom. The average Bonchev–Trinajstić information content (AvgIpc) is 3.03. The van der Waals surface area contributed by atoms with Crippen molar-refractivity contribution in [2.24, 2.45) is 0 Å². The summed E-state index contributed by atoms with van der Waals surface area (Å²) in [5.41, 5.74) is 2.58. The molecule has 3 rings (SSSR count). The molecule has 3 nitrogen and oxygen atoms in total. The predicted octanol–water partition coefficient (Wildman–Crippen LogP) is 12.1. The summed E-state index contributed by atoms with van der Waals surface area (Å²) in [5.74, 6) is 0. The maximum atomic E-state index is 6.15. The molecular formula is C40H62O3. The van der Waals surface area contributed by atoms with E-state index in [0.29, 0.717) is 13.2 Å². The third-order valence-electron chi connectivity index (χ3n) is 8.85. The summed E-state index contributed by atoms with van der Waals surface area (Å²) in [5, 5.41) is 5.20. The van der Waals surface area contributed by atoms with Crippen molar-refractivity contribution in [1.29, 1.82) is 0 Å². The molecule has 0 unspecified atom stereocenters. The average molecular weight is 591 g/mol. The molecule has 0 radical (unpaired) electrons. The van der Waals surface area contributed by atoms with E-state index in [9.17, 15) is 0 Å². The van der Waals surface area contributed by atoms with Crippen LogP contribution in [0.4, 0.5) is 0 Å². The first kappa shape index (κ1) is 35.5. The fraction of sp³-hybridized carbons (Fsp3) is 0.650. The van der Waals surface area contributed by atoms with Crippen molar-refractivity contribution >= 4 is 21.5 Å². The van der Waals surface area contributed by atoms with Crippen molar-refractivity contribution in [1.82, 2.24) is 0 Å². The van der Waals surface area contributed by atoms with Gasteiger partial charge in [0.25, 0.3) is 0 Å². The molecule has 0 fully saturated rings. The Bertz CT molecular complexity index is 1110. The van der Waals surface area contributed by atoms with E-state index in [4.69, 9.17) is 14.2 Å². The summed E-state index contributed by atoms with van der Waals surface area (Å²) in [4.78, 5) is 0. The van der Waals surface area contributed by atoms with Crippen molar-refractivity contribution < 1.29 is 14.2 Å². The Morgan fingerprint density at radius 1 is 0.442 bits per heavy atom. The van der Waals surface area contributed by atoms with Crippen molar-refractivity contribution in [3.05, 3.63) is 59.7 Å². The molecule has 43 heavy (non-hydrogen) atoms. The number of rotatable bonds is 27. The number of benzene rings is 3. The smallest absolute Gasteiger partial charge is 0.0722 e. The molecule has 0 saturated carbocycles. The van der Waals surface area contributed by atoms with Gasteiger partial charge in [-0.2, -0.15) is 0 Å². The van der Waals surface area contributed by atoms with Gasteiger partial charge in [-0.1, -0.05) is 146 Å². The molecule has 3 aromatic carbocycles. The van der Waals surface area contributed by atoms with Gasteiger partial charge in [0.1, 0.15) is 0 Å². The van der Waals surface area contributed by atoms with Crippen LogP contribution in [0.1, 0.15) is 140 Å². The molecule has 0 heterocycles. The fourth-order valence-electron chi connectivity index (χ4n) is 6.18. The maximum absolute atomic E-state index is 6.15. The molecule has 0 aliphatic rings. The minimum Gasteiger partial charge on any atom is -0.385 e. The van der Waals surface area contributed by atoms with Crippen LogP contribution in [0.3, 0.4) is 0 Å². The van der Waals surface area contributed by atoms with Crippen molar-refractivity contribution in [2.75, 3.05) is 26.9 Å². The van der Waals surface area contributed by atoms with Crippen LogP contribution in [-0.4, -0.2) is 26.9 Å². The molecule has 0 saturated heterocycles. The quantitative estimate of drug-likeness (QED) is 0.0653. The molecule has 0 aliphatic carbocycles. The van der Waals surface area contributed by atoms with E-state index in [1.54, 1.807) is 7.11 Å². The molecule has 0 aliphatic heterocycles. The monoisotopic (exact) mass is 590 g/mol. The molecule has 0 bridgehead atoms. The Balaban J connectivity index is 1.33. The molecule has 0 atom stereocenters. The van der Waals surface area contributed by atoms with E-state index in [1.165, 1.54) is 148 Å². The molecule has 240 valence electrons. The third kappa shape index (κ3) is 14.6. The van der Waals surface area contributed by atoms with Crippen LogP contribution in [0.2, 0.25) is 0 Å². The summed E-state index contributed by atoms with van der Waals surface area (Å²) in [7, 11) is 1.79. The van der Waals surface area contributed by atoms with Gasteiger partial charge in [0.15, 0.2) is 0 Å². The lowest BCUT2D eigenvalue weighted by Gasteiger charge is -2.12. The summed E-state index contributed by atoms with van der Waals surface area (Å²) < 4.78 is 17.4. The molecule has 3 heteroatoms. The van der Waals surface area contributed by atoms with Gasteiger partial charge in [0, 0.05) is 26.9 Å². The van der Waals surface area contributed by atoms with Crippen LogP contribution < -0.4 is 0 Å². The third-order valence-corrected chi connectivity index (χ3v) is 8.85.